The van der Waals surface area contributed by atoms with Crippen LogP contribution in [0.4, 0.5) is 0 Å². The zero-order valence-corrected chi connectivity index (χ0v) is 10.1. The summed E-state index contributed by atoms with van der Waals surface area (Å²) in [6.45, 7) is 9.30. The highest BCUT2D eigenvalue weighted by Crippen LogP contribution is 2.11. The van der Waals surface area contributed by atoms with E-state index in [1.807, 2.05) is 0 Å². The minimum absolute atomic E-state index is 0.327. The second-order valence-corrected chi connectivity index (χ2v) is 3.94. The third-order valence-electron chi connectivity index (χ3n) is 2.81. The number of hydrogen-bond donors (Lipinski definition) is 1. The van der Waals surface area contributed by atoms with Gasteiger partial charge in [-0.25, -0.2) is 0 Å². The van der Waals surface area contributed by atoms with Gasteiger partial charge in [0.25, 0.3) is 0 Å². The molecule has 0 radical (unpaired) electrons. The minimum Gasteiger partial charge on any atom is -0.396 e. The van der Waals surface area contributed by atoms with E-state index in [0.29, 0.717) is 12.6 Å². The van der Waals surface area contributed by atoms with Gasteiger partial charge in [-0.05, 0) is 32.4 Å². The third kappa shape index (κ3) is 5.61. The fourth-order valence-electron chi connectivity index (χ4n) is 1.95. The van der Waals surface area contributed by atoms with Gasteiger partial charge in [0.1, 0.15) is 0 Å². The monoisotopic (exact) mass is 201 g/mol. The van der Waals surface area contributed by atoms with Crippen LogP contribution >= 0.6 is 0 Å². The number of unbranched alkanes of at least 4 members (excludes halogenated alkanes) is 1. The third-order valence-corrected chi connectivity index (χ3v) is 2.81. The van der Waals surface area contributed by atoms with Crippen molar-refractivity contribution < 1.29 is 5.11 Å². The molecule has 0 aromatic rings. The van der Waals surface area contributed by atoms with Crippen LogP contribution in [-0.4, -0.2) is 35.7 Å². The molecule has 0 spiro atoms. The van der Waals surface area contributed by atoms with Crippen LogP contribution in [0.2, 0.25) is 0 Å². The van der Waals surface area contributed by atoms with Gasteiger partial charge in [0, 0.05) is 12.6 Å². The van der Waals surface area contributed by atoms with E-state index in [0.717, 1.165) is 13.0 Å². The molecular formula is C12H27NO. The lowest BCUT2D eigenvalue weighted by Gasteiger charge is -2.30. The molecule has 0 fully saturated rings. The lowest BCUT2D eigenvalue weighted by molar-refractivity contribution is 0.152. The number of nitrogens with zero attached hydrogens (tertiary/aromatic N) is 1. The summed E-state index contributed by atoms with van der Waals surface area (Å²) in [6, 6.07) is 0.599. The minimum atomic E-state index is 0.327. The Balaban J connectivity index is 3.96. The molecule has 1 N–H and O–H groups in total. The molecule has 0 bridgehead atoms. The maximum atomic E-state index is 9.01. The summed E-state index contributed by atoms with van der Waals surface area (Å²) in [5.74, 6) is 0. The Labute approximate surface area is 89.3 Å². The standard InChI is InChI=1S/C12H27NO/c1-4-7-10-13(6-3)12(8-5-2)9-11-14/h12,14H,4-11H2,1-3H3. The molecule has 0 saturated carbocycles. The predicted octanol–water partition coefficient (Wildman–Crippen LogP) is 2.66. The first-order valence-electron chi connectivity index (χ1n) is 6.14. The van der Waals surface area contributed by atoms with Gasteiger partial charge in [0.2, 0.25) is 0 Å². The fourth-order valence-corrected chi connectivity index (χ4v) is 1.95. The van der Waals surface area contributed by atoms with Crippen molar-refractivity contribution in [1.29, 1.82) is 0 Å². The normalized spacial score (nSPS) is 13.5. The molecule has 0 aliphatic carbocycles. The average molecular weight is 201 g/mol. The highest BCUT2D eigenvalue weighted by atomic mass is 16.3. The maximum absolute atomic E-state index is 9.01. The van der Waals surface area contributed by atoms with Gasteiger partial charge in [-0.2, -0.15) is 0 Å². The lowest BCUT2D eigenvalue weighted by Crippen LogP contribution is -2.36. The first-order chi connectivity index (χ1) is 6.79. The topological polar surface area (TPSA) is 23.5 Å². The van der Waals surface area contributed by atoms with Gasteiger partial charge in [-0.3, -0.25) is 0 Å². The van der Waals surface area contributed by atoms with Gasteiger partial charge in [-0.1, -0.05) is 33.6 Å². The fraction of sp³-hybridized carbons (Fsp3) is 1.00. The highest BCUT2D eigenvalue weighted by molar-refractivity contribution is 4.70. The molecule has 14 heavy (non-hydrogen) atoms. The van der Waals surface area contributed by atoms with E-state index < -0.39 is 0 Å². The molecule has 0 amide bonds. The Morgan fingerprint density at radius 3 is 2.21 bits per heavy atom. The SMILES string of the molecule is CCCCN(CC)C(CCC)CCO. The quantitative estimate of drug-likeness (QED) is 0.620. The first kappa shape index (κ1) is 13.9. The number of hydrogen-bond acceptors (Lipinski definition) is 2. The van der Waals surface area contributed by atoms with Gasteiger partial charge < -0.3 is 10.0 Å². The second kappa shape index (κ2) is 9.47. The molecule has 0 aliphatic rings. The van der Waals surface area contributed by atoms with Crippen LogP contribution in [-0.2, 0) is 0 Å². The summed E-state index contributed by atoms with van der Waals surface area (Å²) >= 11 is 0. The molecule has 0 saturated heterocycles. The van der Waals surface area contributed by atoms with E-state index in [4.69, 9.17) is 5.11 Å². The summed E-state index contributed by atoms with van der Waals surface area (Å²) in [6.07, 6.45) is 5.91. The van der Waals surface area contributed by atoms with Crippen LogP contribution < -0.4 is 0 Å². The van der Waals surface area contributed by atoms with Crippen LogP contribution in [0, 0.1) is 0 Å². The van der Waals surface area contributed by atoms with Crippen molar-refractivity contribution in [2.75, 3.05) is 19.7 Å². The van der Waals surface area contributed by atoms with E-state index in [1.165, 1.54) is 32.2 Å². The molecule has 0 aromatic carbocycles. The second-order valence-electron chi connectivity index (χ2n) is 3.94. The summed E-state index contributed by atoms with van der Waals surface area (Å²) < 4.78 is 0. The molecule has 0 rings (SSSR count). The van der Waals surface area contributed by atoms with Crippen LogP contribution in [0.15, 0.2) is 0 Å². The Hall–Kier alpha value is -0.0800. The summed E-state index contributed by atoms with van der Waals surface area (Å²) in [5.41, 5.74) is 0. The molecule has 2 heteroatoms. The van der Waals surface area contributed by atoms with Crippen molar-refractivity contribution in [3.63, 3.8) is 0 Å². The largest absolute Gasteiger partial charge is 0.396 e. The molecule has 0 aliphatic heterocycles. The smallest absolute Gasteiger partial charge is 0.0445 e. The summed E-state index contributed by atoms with van der Waals surface area (Å²) in [7, 11) is 0. The number of rotatable bonds is 9. The van der Waals surface area contributed by atoms with Gasteiger partial charge >= 0.3 is 0 Å². The maximum Gasteiger partial charge on any atom is 0.0445 e. The van der Waals surface area contributed by atoms with Crippen molar-refractivity contribution in [2.24, 2.45) is 0 Å². The zero-order valence-electron chi connectivity index (χ0n) is 10.1. The van der Waals surface area contributed by atoms with Crippen molar-refractivity contribution in [2.45, 2.75) is 58.9 Å². The van der Waals surface area contributed by atoms with Crippen molar-refractivity contribution in [3.05, 3.63) is 0 Å². The average Bonchev–Trinajstić information content (AvgIpc) is 2.19. The summed E-state index contributed by atoms with van der Waals surface area (Å²) in [4.78, 5) is 2.52. The molecular weight excluding hydrogens is 174 g/mol. The zero-order chi connectivity index (χ0) is 10.8. The molecule has 0 aromatic heterocycles. The molecule has 1 atom stereocenters. The first-order valence-corrected chi connectivity index (χ1v) is 6.14. The summed E-state index contributed by atoms with van der Waals surface area (Å²) in [5, 5.41) is 9.01. The van der Waals surface area contributed by atoms with Crippen LogP contribution in [0.1, 0.15) is 52.9 Å². The van der Waals surface area contributed by atoms with Gasteiger partial charge in [0.15, 0.2) is 0 Å². The number of aliphatic hydroxyl groups is 1. The van der Waals surface area contributed by atoms with Gasteiger partial charge in [0.05, 0.1) is 0 Å². The van der Waals surface area contributed by atoms with E-state index in [-0.39, 0.29) is 0 Å². The van der Waals surface area contributed by atoms with E-state index in [2.05, 4.69) is 25.7 Å². The van der Waals surface area contributed by atoms with E-state index in [9.17, 15) is 0 Å². The Kier molecular flexibility index (Phi) is 9.42. The Morgan fingerprint density at radius 1 is 1.07 bits per heavy atom. The Bertz CT molecular complexity index is 111. The predicted molar refractivity (Wildman–Crippen MR) is 62.6 cm³/mol. The number of aliphatic hydroxyl groups excluding tert-OH is 1. The molecule has 2 nitrogen and oxygen atoms in total. The highest BCUT2D eigenvalue weighted by Gasteiger charge is 2.14. The van der Waals surface area contributed by atoms with E-state index >= 15 is 0 Å². The molecule has 86 valence electrons. The van der Waals surface area contributed by atoms with Crippen molar-refractivity contribution in [1.82, 2.24) is 4.90 Å². The Morgan fingerprint density at radius 2 is 1.79 bits per heavy atom. The van der Waals surface area contributed by atoms with Crippen molar-refractivity contribution in [3.8, 4) is 0 Å². The molecule has 1 unspecified atom stereocenters. The molecule has 0 heterocycles. The lowest BCUT2D eigenvalue weighted by atomic mass is 10.1. The van der Waals surface area contributed by atoms with E-state index in [1.54, 1.807) is 0 Å². The van der Waals surface area contributed by atoms with Crippen LogP contribution in [0.25, 0.3) is 0 Å². The van der Waals surface area contributed by atoms with Gasteiger partial charge in [-0.15, -0.1) is 0 Å². The van der Waals surface area contributed by atoms with Crippen molar-refractivity contribution >= 4 is 0 Å². The van der Waals surface area contributed by atoms with Crippen LogP contribution in [0.3, 0.4) is 0 Å². The van der Waals surface area contributed by atoms with Crippen LogP contribution in [0.5, 0.6) is 0 Å².